The lowest BCUT2D eigenvalue weighted by Gasteiger charge is -2.23. The number of benzene rings is 1. The Labute approximate surface area is 113 Å². The third-order valence-electron chi connectivity index (χ3n) is 3.15. The minimum absolute atomic E-state index is 0.578. The molecule has 1 aliphatic rings. The van der Waals surface area contributed by atoms with Gasteiger partial charge >= 0.3 is 0 Å². The molecule has 1 N–H and O–H groups in total. The molecule has 0 aliphatic carbocycles. The number of hydrogen-bond acceptors (Lipinski definition) is 3. The SMILES string of the molecule is Cc1cc(OCCNC2CCOCC2)ccc1Cl. The maximum atomic E-state index is 5.96. The standard InChI is InChI=1S/C14H20ClNO2/c1-11-10-13(2-3-14(11)15)18-9-6-16-12-4-7-17-8-5-12/h2-3,10,12,16H,4-9H2,1H3. The molecule has 1 fully saturated rings. The molecule has 0 saturated carbocycles. The van der Waals surface area contributed by atoms with Crippen molar-refractivity contribution < 1.29 is 9.47 Å². The van der Waals surface area contributed by atoms with E-state index >= 15 is 0 Å². The Bertz CT molecular complexity index is 378. The number of ether oxygens (including phenoxy) is 2. The Kier molecular flexibility index (Phi) is 5.29. The Morgan fingerprint density at radius 3 is 2.89 bits per heavy atom. The van der Waals surface area contributed by atoms with Crippen LogP contribution >= 0.6 is 11.6 Å². The highest BCUT2D eigenvalue weighted by molar-refractivity contribution is 6.31. The summed E-state index contributed by atoms with van der Waals surface area (Å²) in [5.74, 6) is 0.880. The minimum atomic E-state index is 0.578. The molecule has 0 unspecified atom stereocenters. The summed E-state index contributed by atoms with van der Waals surface area (Å²) in [6.07, 6.45) is 2.19. The fourth-order valence-corrected chi connectivity index (χ4v) is 2.16. The van der Waals surface area contributed by atoms with Gasteiger partial charge in [-0.3, -0.25) is 0 Å². The number of halogens is 1. The molecule has 1 heterocycles. The number of aryl methyl sites for hydroxylation is 1. The minimum Gasteiger partial charge on any atom is -0.492 e. The van der Waals surface area contributed by atoms with Crippen LogP contribution in [0.15, 0.2) is 18.2 Å². The van der Waals surface area contributed by atoms with E-state index in [0.717, 1.165) is 48.9 Å². The van der Waals surface area contributed by atoms with Gasteiger partial charge in [0.1, 0.15) is 12.4 Å². The van der Waals surface area contributed by atoms with Gasteiger partial charge in [0.2, 0.25) is 0 Å². The van der Waals surface area contributed by atoms with Gasteiger partial charge in [-0.1, -0.05) is 11.6 Å². The van der Waals surface area contributed by atoms with E-state index in [1.165, 1.54) is 0 Å². The van der Waals surface area contributed by atoms with Crippen LogP contribution in [-0.2, 0) is 4.74 Å². The summed E-state index contributed by atoms with van der Waals surface area (Å²) < 4.78 is 11.0. The second-order valence-electron chi connectivity index (χ2n) is 4.60. The first-order valence-electron chi connectivity index (χ1n) is 6.46. The van der Waals surface area contributed by atoms with Crippen molar-refractivity contribution in [2.24, 2.45) is 0 Å². The van der Waals surface area contributed by atoms with E-state index < -0.39 is 0 Å². The van der Waals surface area contributed by atoms with Gasteiger partial charge in [-0.05, 0) is 43.5 Å². The van der Waals surface area contributed by atoms with Gasteiger partial charge in [-0.25, -0.2) is 0 Å². The number of nitrogens with one attached hydrogen (secondary N) is 1. The fraction of sp³-hybridized carbons (Fsp3) is 0.571. The van der Waals surface area contributed by atoms with Crippen LogP contribution in [0.2, 0.25) is 5.02 Å². The zero-order valence-corrected chi connectivity index (χ0v) is 11.5. The van der Waals surface area contributed by atoms with Gasteiger partial charge in [0.05, 0.1) is 0 Å². The van der Waals surface area contributed by atoms with E-state index in [-0.39, 0.29) is 0 Å². The monoisotopic (exact) mass is 269 g/mol. The molecule has 1 aromatic rings. The molecule has 0 bridgehead atoms. The second kappa shape index (κ2) is 6.98. The van der Waals surface area contributed by atoms with Crippen molar-refractivity contribution in [2.45, 2.75) is 25.8 Å². The van der Waals surface area contributed by atoms with Gasteiger partial charge in [0.25, 0.3) is 0 Å². The Morgan fingerprint density at radius 2 is 2.17 bits per heavy atom. The van der Waals surface area contributed by atoms with E-state index in [2.05, 4.69) is 5.32 Å². The maximum Gasteiger partial charge on any atom is 0.119 e. The van der Waals surface area contributed by atoms with Crippen LogP contribution in [0, 0.1) is 6.92 Å². The molecule has 3 nitrogen and oxygen atoms in total. The Balaban J connectivity index is 1.66. The van der Waals surface area contributed by atoms with Crippen molar-refractivity contribution in [2.75, 3.05) is 26.4 Å². The lowest BCUT2D eigenvalue weighted by atomic mass is 10.1. The molecule has 1 aliphatic heterocycles. The van der Waals surface area contributed by atoms with Crippen LogP contribution in [-0.4, -0.2) is 32.4 Å². The maximum absolute atomic E-state index is 5.96. The van der Waals surface area contributed by atoms with Crippen LogP contribution < -0.4 is 10.1 Å². The third kappa shape index (κ3) is 4.16. The highest BCUT2D eigenvalue weighted by Gasteiger charge is 2.12. The topological polar surface area (TPSA) is 30.5 Å². The van der Waals surface area contributed by atoms with Crippen LogP contribution in [0.3, 0.4) is 0 Å². The zero-order valence-electron chi connectivity index (χ0n) is 10.7. The molecule has 0 amide bonds. The molecule has 2 rings (SSSR count). The molecule has 1 aromatic carbocycles. The van der Waals surface area contributed by atoms with Crippen molar-refractivity contribution in [3.63, 3.8) is 0 Å². The van der Waals surface area contributed by atoms with Gasteiger partial charge in [-0.2, -0.15) is 0 Å². The molecule has 1 saturated heterocycles. The molecular formula is C14H20ClNO2. The van der Waals surface area contributed by atoms with E-state index in [9.17, 15) is 0 Å². The van der Waals surface area contributed by atoms with E-state index in [0.29, 0.717) is 12.6 Å². The largest absolute Gasteiger partial charge is 0.492 e. The molecule has 4 heteroatoms. The molecular weight excluding hydrogens is 250 g/mol. The highest BCUT2D eigenvalue weighted by Crippen LogP contribution is 2.20. The van der Waals surface area contributed by atoms with Crippen LogP contribution in [0.4, 0.5) is 0 Å². The lowest BCUT2D eigenvalue weighted by molar-refractivity contribution is 0.0770. The zero-order chi connectivity index (χ0) is 12.8. The first-order chi connectivity index (χ1) is 8.75. The van der Waals surface area contributed by atoms with Gasteiger partial charge in [0.15, 0.2) is 0 Å². The van der Waals surface area contributed by atoms with Gasteiger partial charge in [-0.15, -0.1) is 0 Å². The van der Waals surface area contributed by atoms with E-state index in [1.807, 2.05) is 25.1 Å². The number of hydrogen-bond donors (Lipinski definition) is 1. The van der Waals surface area contributed by atoms with E-state index in [1.54, 1.807) is 0 Å². The Hall–Kier alpha value is -0.770. The molecule has 0 aromatic heterocycles. The molecule has 0 atom stereocenters. The predicted octanol–water partition coefficient (Wildman–Crippen LogP) is 2.80. The first kappa shape index (κ1) is 13.7. The van der Waals surface area contributed by atoms with Crippen LogP contribution in [0.25, 0.3) is 0 Å². The summed E-state index contributed by atoms with van der Waals surface area (Å²) in [6.45, 7) is 5.27. The molecule has 18 heavy (non-hydrogen) atoms. The molecule has 100 valence electrons. The van der Waals surface area contributed by atoms with Crippen molar-refractivity contribution in [1.82, 2.24) is 5.32 Å². The summed E-state index contributed by atoms with van der Waals surface area (Å²) in [6, 6.07) is 6.33. The van der Waals surface area contributed by atoms with Crippen LogP contribution in [0.5, 0.6) is 5.75 Å². The average molecular weight is 270 g/mol. The number of rotatable bonds is 5. The first-order valence-corrected chi connectivity index (χ1v) is 6.83. The highest BCUT2D eigenvalue weighted by atomic mass is 35.5. The Morgan fingerprint density at radius 1 is 1.39 bits per heavy atom. The summed E-state index contributed by atoms with van der Waals surface area (Å²) in [7, 11) is 0. The third-order valence-corrected chi connectivity index (χ3v) is 3.58. The summed E-state index contributed by atoms with van der Waals surface area (Å²) in [4.78, 5) is 0. The van der Waals surface area contributed by atoms with E-state index in [4.69, 9.17) is 21.1 Å². The van der Waals surface area contributed by atoms with Crippen molar-refractivity contribution in [3.8, 4) is 5.75 Å². The van der Waals surface area contributed by atoms with Gasteiger partial charge in [0, 0.05) is 30.8 Å². The quantitative estimate of drug-likeness (QED) is 0.834. The summed E-state index contributed by atoms with van der Waals surface area (Å²) >= 11 is 5.96. The van der Waals surface area contributed by atoms with Crippen LogP contribution in [0.1, 0.15) is 18.4 Å². The lowest BCUT2D eigenvalue weighted by Crippen LogP contribution is -2.37. The van der Waals surface area contributed by atoms with Crippen molar-refractivity contribution in [1.29, 1.82) is 0 Å². The summed E-state index contributed by atoms with van der Waals surface area (Å²) in [5, 5.41) is 4.27. The van der Waals surface area contributed by atoms with Gasteiger partial charge < -0.3 is 14.8 Å². The van der Waals surface area contributed by atoms with Crippen molar-refractivity contribution >= 4 is 11.6 Å². The normalized spacial score (nSPS) is 16.8. The predicted molar refractivity (Wildman–Crippen MR) is 73.5 cm³/mol. The summed E-state index contributed by atoms with van der Waals surface area (Å²) in [5.41, 5.74) is 1.05. The van der Waals surface area contributed by atoms with Crippen molar-refractivity contribution in [3.05, 3.63) is 28.8 Å². The fourth-order valence-electron chi connectivity index (χ4n) is 2.04. The second-order valence-corrected chi connectivity index (χ2v) is 5.01. The average Bonchev–Trinajstić information content (AvgIpc) is 2.40. The molecule has 0 spiro atoms. The molecule has 0 radical (unpaired) electrons. The smallest absolute Gasteiger partial charge is 0.119 e.